The van der Waals surface area contributed by atoms with Crippen LogP contribution in [0.2, 0.25) is 0 Å². The first-order valence-electron chi connectivity index (χ1n) is 5.29. The maximum Gasteiger partial charge on any atom is 4.00 e. The van der Waals surface area contributed by atoms with E-state index in [0.29, 0.717) is 0 Å². The third kappa shape index (κ3) is 12.9. The SMILES string of the molecule is C[N-]C.C[N-]CC(C)C1CCCC1.[CH3-].[CH3-].[Zr+4]. The van der Waals surface area contributed by atoms with Gasteiger partial charge in [-0.2, -0.15) is 21.1 Å². The van der Waals surface area contributed by atoms with E-state index in [2.05, 4.69) is 17.6 Å². The second-order valence-corrected chi connectivity index (χ2v) is 3.97. The third-order valence-corrected chi connectivity index (χ3v) is 2.68. The van der Waals surface area contributed by atoms with Crippen LogP contribution in [-0.2, 0) is 26.2 Å². The van der Waals surface area contributed by atoms with Gasteiger partial charge in [0.2, 0.25) is 0 Å². The van der Waals surface area contributed by atoms with Crippen molar-refractivity contribution in [3.63, 3.8) is 0 Å². The largest absolute Gasteiger partial charge is 4.00 e. The Morgan fingerprint density at radius 2 is 1.44 bits per heavy atom. The van der Waals surface area contributed by atoms with Crippen LogP contribution in [0.4, 0.5) is 0 Å². The molecule has 0 aromatic heterocycles. The zero-order valence-electron chi connectivity index (χ0n) is 12.1. The molecular weight excluding hydrogens is 275 g/mol. The molecule has 2 nitrogen and oxygen atoms in total. The van der Waals surface area contributed by atoms with E-state index < -0.39 is 0 Å². The van der Waals surface area contributed by atoms with Crippen molar-refractivity contribution < 1.29 is 26.2 Å². The van der Waals surface area contributed by atoms with Crippen molar-refractivity contribution in [2.45, 2.75) is 32.6 Å². The molecule has 0 radical (unpaired) electrons. The summed E-state index contributed by atoms with van der Waals surface area (Å²) in [6, 6.07) is 0. The zero-order valence-corrected chi connectivity index (χ0v) is 14.5. The molecule has 1 aliphatic carbocycles. The minimum Gasteiger partial charge on any atom is -0.668 e. The van der Waals surface area contributed by atoms with Crippen LogP contribution in [0.5, 0.6) is 0 Å². The fourth-order valence-electron chi connectivity index (χ4n) is 1.96. The molecule has 1 unspecified atom stereocenters. The van der Waals surface area contributed by atoms with Crippen molar-refractivity contribution in [1.29, 1.82) is 0 Å². The predicted molar refractivity (Wildman–Crippen MR) is 73.3 cm³/mol. The Kier molecular flexibility index (Phi) is 29.1. The van der Waals surface area contributed by atoms with Crippen molar-refractivity contribution in [3.8, 4) is 0 Å². The van der Waals surface area contributed by atoms with Crippen LogP contribution in [0.3, 0.4) is 0 Å². The van der Waals surface area contributed by atoms with Crippen molar-refractivity contribution >= 4 is 0 Å². The van der Waals surface area contributed by atoms with E-state index in [-0.39, 0.29) is 41.1 Å². The number of rotatable bonds is 3. The first kappa shape index (κ1) is 25.6. The summed E-state index contributed by atoms with van der Waals surface area (Å²) in [5, 5.41) is 7.68. The Bertz CT molecular complexity index is 104. The summed E-state index contributed by atoms with van der Waals surface area (Å²) >= 11 is 0. The molecule has 0 aromatic rings. The van der Waals surface area contributed by atoms with Gasteiger partial charge in [-0.3, -0.25) is 0 Å². The molecule has 0 N–H and O–H groups in total. The van der Waals surface area contributed by atoms with Crippen molar-refractivity contribution in [1.82, 2.24) is 0 Å². The van der Waals surface area contributed by atoms with E-state index in [9.17, 15) is 0 Å². The summed E-state index contributed by atoms with van der Waals surface area (Å²) in [6.45, 7) is 3.41. The summed E-state index contributed by atoms with van der Waals surface area (Å²) in [5.41, 5.74) is 0. The first-order valence-corrected chi connectivity index (χ1v) is 5.29. The van der Waals surface area contributed by atoms with Gasteiger partial charge in [-0.15, -0.1) is 6.54 Å². The minimum atomic E-state index is 0. The normalized spacial score (nSPS) is 15.8. The standard InChI is InChI=1S/C9H18N.C2H6N.2CH3.Zr/c1-8(7-10-2)9-5-3-4-6-9;1-3-2;;;/h8-9H,3-7H2,1-2H3;1-2H3;2*1H3;/q4*-1;+4. The Hall–Kier alpha value is 0.803. The van der Waals surface area contributed by atoms with Gasteiger partial charge in [-0.25, -0.2) is 0 Å². The molecule has 0 amide bonds. The van der Waals surface area contributed by atoms with Gasteiger partial charge in [0.25, 0.3) is 0 Å². The van der Waals surface area contributed by atoms with E-state index in [0.717, 1.165) is 18.4 Å². The van der Waals surface area contributed by atoms with E-state index in [1.807, 2.05) is 7.05 Å². The molecule has 0 saturated heterocycles. The van der Waals surface area contributed by atoms with Gasteiger partial charge in [0.15, 0.2) is 0 Å². The molecule has 0 heterocycles. The maximum atomic E-state index is 4.18. The molecule has 0 aliphatic heterocycles. The Labute approximate surface area is 123 Å². The average molecular weight is 306 g/mol. The van der Waals surface area contributed by atoms with Gasteiger partial charge < -0.3 is 25.5 Å². The summed E-state index contributed by atoms with van der Waals surface area (Å²) < 4.78 is 0. The molecule has 16 heavy (non-hydrogen) atoms. The Balaban J connectivity index is -0.000000109. The van der Waals surface area contributed by atoms with Crippen LogP contribution in [0, 0.1) is 26.7 Å². The van der Waals surface area contributed by atoms with E-state index in [1.54, 1.807) is 14.1 Å². The molecule has 1 aliphatic rings. The second kappa shape index (κ2) is 18.2. The number of hydrogen-bond acceptors (Lipinski definition) is 0. The molecule has 1 fully saturated rings. The van der Waals surface area contributed by atoms with Crippen molar-refractivity contribution in [2.24, 2.45) is 11.8 Å². The fourth-order valence-corrected chi connectivity index (χ4v) is 1.96. The van der Waals surface area contributed by atoms with E-state index in [1.165, 1.54) is 25.7 Å². The van der Waals surface area contributed by atoms with E-state index in [4.69, 9.17) is 0 Å². The third-order valence-electron chi connectivity index (χ3n) is 2.68. The summed E-state index contributed by atoms with van der Waals surface area (Å²) in [5.74, 6) is 1.83. The second-order valence-electron chi connectivity index (χ2n) is 3.97. The Morgan fingerprint density at radius 3 is 1.75 bits per heavy atom. The predicted octanol–water partition coefficient (Wildman–Crippen LogP) is 4.33. The summed E-state index contributed by atoms with van der Waals surface area (Å²) in [4.78, 5) is 0. The van der Waals surface area contributed by atoms with Gasteiger partial charge in [-0.1, -0.05) is 38.5 Å². The van der Waals surface area contributed by atoms with Gasteiger partial charge in [0.1, 0.15) is 0 Å². The van der Waals surface area contributed by atoms with Gasteiger partial charge >= 0.3 is 26.2 Å². The first-order chi connectivity index (χ1) is 6.26. The molecule has 0 spiro atoms. The molecule has 3 heteroatoms. The molecule has 1 atom stereocenters. The van der Waals surface area contributed by atoms with Crippen LogP contribution >= 0.6 is 0 Å². The maximum absolute atomic E-state index is 4.18. The quantitative estimate of drug-likeness (QED) is 0.694. The fraction of sp³-hybridized carbons (Fsp3) is 0.846. The minimum absolute atomic E-state index is 0. The summed E-state index contributed by atoms with van der Waals surface area (Å²) in [7, 11) is 5.42. The van der Waals surface area contributed by atoms with Crippen molar-refractivity contribution in [3.05, 3.63) is 25.5 Å². The molecule has 1 rings (SSSR count). The molecule has 1 saturated carbocycles. The summed E-state index contributed by atoms with van der Waals surface area (Å²) in [6.07, 6.45) is 5.82. The van der Waals surface area contributed by atoms with Gasteiger partial charge in [0, 0.05) is 0 Å². The molecular formula is C13H30N2Zr. The molecule has 0 aromatic carbocycles. The number of hydrogen-bond donors (Lipinski definition) is 0. The number of nitrogens with zero attached hydrogens (tertiary/aromatic N) is 2. The zero-order chi connectivity index (χ0) is 10.1. The average Bonchev–Trinajstić information content (AvgIpc) is 2.58. The van der Waals surface area contributed by atoms with Crippen LogP contribution in [0.25, 0.3) is 10.6 Å². The molecule has 0 bridgehead atoms. The van der Waals surface area contributed by atoms with Crippen LogP contribution in [0.15, 0.2) is 0 Å². The van der Waals surface area contributed by atoms with E-state index >= 15 is 0 Å². The molecule has 96 valence electrons. The van der Waals surface area contributed by atoms with Crippen LogP contribution in [-0.4, -0.2) is 27.7 Å². The van der Waals surface area contributed by atoms with Crippen LogP contribution < -0.4 is 0 Å². The topological polar surface area (TPSA) is 28.2 Å². The van der Waals surface area contributed by atoms with Gasteiger partial charge in [-0.05, 0) is 5.92 Å². The monoisotopic (exact) mass is 304 g/mol. The smallest absolute Gasteiger partial charge is 0.668 e. The Morgan fingerprint density at radius 1 is 1.06 bits per heavy atom. The van der Waals surface area contributed by atoms with Gasteiger partial charge in [0.05, 0.1) is 0 Å². The van der Waals surface area contributed by atoms with Crippen LogP contribution in [0.1, 0.15) is 32.6 Å². The van der Waals surface area contributed by atoms with Crippen molar-refractivity contribution in [2.75, 3.05) is 27.7 Å².